The van der Waals surface area contributed by atoms with Crippen LogP contribution in [0.1, 0.15) is 47.1 Å². The molecule has 0 spiro atoms. The van der Waals surface area contributed by atoms with Crippen molar-refractivity contribution in [2.24, 2.45) is 5.92 Å². The van der Waals surface area contributed by atoms with Gasteiger partial charge >= 0.3 is 12.2 Å². The molecule has 2 saturated heterocycles. The Morgan fingerprint density at radius 2 is 1.85 bits per heavy atom. The highest BCUT2D eigenvalue weighted by atomic mass is 16.6. The molecular formula is C24H34N2O7. The summed E-state index contributed by atoms with van der Waals surface area (Å²) in [5.74, 6) is -1.54. The van der Waals surface area contributed by atoms with Crippen molar-refractivity contribution in [3.05, 3.63) is 35.9 Å². The molecule has 4 atom stereocenters. The predicted molar refractivity (Wildman–Crippen MR) is 119 cm³/mol. The molecule has 9 heteroatoms. The van der Waals surface area contributed by atoms with Crippen LogP contribution < -0.4 is 0 Å². The van der Waals surface area contributed by atoms with Gasteiger partial charge < -0.3 is 19.3 Å². The lowest BCUT2D eigenvalue weighted by atomic mass is 9.94. The minimum Gasteiger partial charge on any atom is -0.447 e. The van der Waals surface area contributed by atoms with E-state index < -0.39 is 53.5 Å². The monoisotopic (exact) mass is 462 g/mol. The fourth-order valence-corrected chi connectivity index (χ4v) is 4.22. The number of amides is 3. The van der Waals surface area contributed by atoms with Crippen LogP contribution in [0.5, 0.6) is 0 Å². The number of rotatable bonds is 5. The number of aliphatic hydroxyl groups excluding tert-OH is 1. The van der Waals surface area contributed by atoms with E-state index >= 15 is 0 Å². The second-order valence-corrected chi connectivity index (χ2v) is 10.1. The van der Waals surface area contributed by atoms with Gasteiger partial charge in [-0.2, -0.15) is 0 Å². The first kappa shape index (κ1) is 25.0. The summed E-state index contributed by atoms with van der Waals surface area (Å²) in [6.07, 6.45) is -2.20. The van der Waals surface area contributed by atoms with Gasteiger partial charge in [-0.1, -0.05) is 37.3 Å². The number of imide groups is 1. The van der Waals surface area contributed by atoms with Crippen molar-refractivity contribution in [3.63, 3.8) is 0 Å². The standard InChI is InChI=1S/C24H34N2O7/c1-15(19(27)18-14-32-24(5,6)26(18)22(30)33-23(2,3)4)20(28)25-17(13-31-21(25)29)12-16-10-8-7-9-11-16/h7-11,15,17-19,27H,12-14H2,1-6H3. The molecule has 2 heterocycles. The molecule has 0 saturated carbocycles. The largest absolute Gasteiger partial charge is 0.447 e. The Morgan fingerprint density at radius 3 is 2.45 bits per heavy atom. The third kappa shape index (κ3) is 5.47. The third-order valence-corrected chi connectivity index (χ3v) is 5.92. The van der Waals surface area contributed by atoms with Crippen LogP contribution in [0.3, 0.4) is 0 Å². The number of hydrogen-bond donors (Lipinski definition) is 1. The lowest BCUT2D eigenvalue weighted by Gasteiger charge is -2.37. The molecule has 0 aliphatic carbocycles. The molecule has 33 heavy (non-hydrogen) atoms. The second-order valence-electron chi connectivity index (χ2n) is 10.1. The van der Waals surface area contributed by atoms with E-state index in [0.29, 0.717) is 6.42 Å². The summed E-state index contributed by atoms with van der Waals surface area (Å²) < 4.78 is 16.4. The Balaban J connectivity index is 1.77. The quantitative estimate of drug-likeness (QED) is 0.717. The Morgan fingerprint density at radius 1 is 1.21 bits per heavy atom. The van der Waals surface area contributed by atoms with Crippen LogP contribution in [0.2, 0.25) is 0 Å². The van der Waals surface area contributed by atoms with Gasteiger partial charge in [0.15, 0.2) is 0 Å². The van der Waals surface area contributed by atoms with Gasteiger partial charge in [-0.3, -0.25) is 9.69 Å². The number of carbonyl (C=O) groups excluding carboxylic acids is 3. The van der Waals surface area contributed by atoms with Crippen molar-refractivity contribution < 1.29 is 33.7 Å². The molecule has 3 amide bonds. The van der Waals surface area contributed by atoms with Crippen LogP contribution in [-0.2, 0) is 25.4 Å². The first-order chi connectivity index (χ1) is 15.3. The molecule has 1 N–H and O–H groups in total. The van der Waals surface area contributed by atoms with Gasteiger partial charge in [0, 0.05) is 0 Å². The van der Waals surface area contributed by atoms with E-state index in [1.165, 1.54) is 11.8 Å². The number of benzene rings is 1. The van der Waals surface area contributed by atoms with E-state index in [-0.39, 0.29) is 13.2 Å². The van der Waals surface area contributed by atoms with Crippen molar-refractivity contribution in [1.82, 2.24) is 9.80 Å². The predicted octanol–water partition coefficient (Wildman–Crippen LogP) is 2.95. The molecule has 4 unspecified atom stereocenters. The van der Waals surface area contributed by atoms with Crippen molar-refractivity contribution in [2.75, 3.05) is 13.2 Å². The third-order valence-electron chi connectivity index (χ3n) is 5.92. The minimum atomic E-state index is -1.28. The first-order valence-corrected chi connectivity index (χ1v) is 11.2. The maximum absolute atomic E-state index is 13.3. The van der Waals surface area contributed by atoms with E-state index in [1.807, 2.05) is 30.3 Å². The summed E-state index contributed by atoms with van der Waals surface area (Å²) in [6.45, 7) is 10.3. The van der Waals surface area contributed by atoms with Gasteiger partial charge in [-0.05, 0) is 46.6 Å². The number of carbonyl (C=O) groups is 3. The van der Waals surface area contributed by atoms with Gasteiger partial charge in [-0.25, -0.2) is 14.5 Å². The zero-order chi connectivity index (χ0) is 24.6. The highest BCUT2D eigenvalue weighted by Crippen LogP contribution is 2.33. The number of nitrogens with zero attached hydrogens (tertiary/aromatic N) is 2. The van der Waals surface area contributed by atoms with Gasteiger partial charge in [-0.15, -0.1) is 0 Å². The Bertz CT molecular complexity index is 881. The summed E-state index contributed by atoms with van der Waals surface area (Å²) in [4.78, 5) is 41.0. The van der Waals surface area contributed by atoms with E-state index in [9.17, 15) is 19.5 Å². The molecule has 1 aromatic rings. The van der Waals surface area contributed by atoms with Crippen LogP contribution in [0, 0.1) is 5.92 Å². The van der Waals surface area contributed by atoms with Crippen LogP contribution in [0.25, 0.3) is 0 Å². The van der Waals surface area contributed by atoms with Gasteiger partial charge in [0.2, 0.25) is 5.91 Å². The summed E-state index contributed by atoms with van der Waals surface area (Å²) >= 11 is 0. The maximum Gasteiger partial charge on any atom is 0.416 e. The molecule has 2 aliphatic rings. The lowest BCUT2D eigenvalue weighted by Crippen LogP contribution is -2.56. The summed E-state index contributed by atoms with van der Waals surface area (Å²) in [5.41, 5.74) is -0.802. The highest BCUT2D eigenvalue weighted by Gasteiger charge is 2.51. The highest BCUT2D eigenvalue weighted by molar-refractivity contribution is 5.95. The first-order valence-electron chi connectivity index (χ1n) is 11.2. The van der Waals surface area contributed by atoms with Crippen LogP contribution in [0.15, 0.2) is 30.3 Å². The topological polar surface area (TPSA) is 106 Å². The average molecular weight is 463 g/mol. The molecule has 182 valence electrons. The van der Waals surface area contributed by atoms with Gasteiger partial charge in [0.25, 0.3) is 0 Å². The molecule has 0 bridgehead atoms. The van der Waals surface area contributed by atoms with Crippen molar-refractivity contribution in [1.29, 1.82) is 0 Å². The van der Waals surface area contributed by atoms with Crippen LogP contribution in [0.4, 0.5) is 9.59 Å². The average Bonchev–Trinajstić information content (AvgIpc) is 3.24. The van der Waals surface area contributed by atoms with Gasteiger partial charge in [0.1, 0.15) is 17.9 Å². The summed E-state index contributed by atoms with van der Waals surface area (Å²) in [6, 6.07) is 8.21. The number of aliphatic hydroxyl groups is 1. The normalized spacial score (nSPS) is 24.4. The fraction of sp³-hybridized carbons (Fsp3) is 0.625. The SMILES string of the molecule is CC(C(=O)N1C(=O)OCC1Cc1ccccc1)C(O)C1COC(C)(C)N1C(=O)OC(C)(C)C. The molecular weight excluding hydrogens is 428 g/mol. The van der Waals surface area contributed by atoms with Gasteiger partial charge in [0.05, 0.1) is 30.7 Å². The van der Waals surface area contributed by atoms with Crippen LogP contribution in [-0.4, -0.2) is 75.7 Å². The number of ether oxygens (including phenoxy) is 3. The summed E-state index contributed by atoms with van der Waals surface area (Å²) in [5, 5.41) is 11.1. The van der Waals surface area contributed by atoms with Crippen molar-refractivity contribution in [3.8, 4) is 0 Å². The molecule has 9 nitrogen and oxygen atoms in total. The molecule has 0 aromatic heterocycles. The van der Waals surface area contributed by atoms with E-state index in [0.717, 1.165) is 10.5 Å². The van der Waals surface area contributed by atoms with E-state index in [4.69, 9.17) is 14.2 Å². The smallest absolute Gasteiger partial charge is 0.416 e. The van der Waals surface area contributed by atoms with Crippen molar-refractivity contribution in [2.45, 2.75) is 77.5 Å². The second kappa shape index (κ2) is 9.30. The van der Waals surface area contributed by atoms with E-state index in [2.05, 4.69) is 0 Å². The zero-order valence-electron chi connectivity index (χ0n) is 20.1. The zero-order valence-corrected chi connectivity index (χ0v) is 20.1. The Labute approximate surface area is 194 Å². The molecule has 0 radical (unpaired) electrons. The molecule has 2 aliphatic heterocycles. The van der Waals surface area contributed by atoms with Crippen LogP contribution >= 0.6 is 0 Å². The Hall–Kier alpha value is -2.65. The van der Waals surface area contributed by atoms with E-state index in [1.54, 1.807) is 34.6 Å². The molecule has 2 fully saturated rings. The number of hydrogen-bond acceptors (Lipinski definition) is 7. The number of cyclic esters (lactones) is 1. The fourth-order valence-electron chi connectivity index (χ4n) is 4.22. The van der Waals surface area contributed by atoms with Crippen molar-refractivity contribution >= 4 is 18.1 Å². The molecule has 3 rings (SSSR count). The minimum absolute atomic E-state index is 0.0307. The Kier molecular flexibility index (Phi) is 7.04. The lowest BCUT2D eigenvalue weighted by molar-refractivity contribution is -0.138. The summed E-state index contributed by atoms with van der Waals surface area (Å²) in [7, 11) is 0. The maximum atomic E-state index is 13.3. The molecule has 1 aromatic carbocycles.